The highest BCUT2D eigenvalue weighted by atomic mass is 32.2. The van der Waals surface area contributed by atoms with Crippen LogP contribution >= 0.6 is 11.8 Å². The van der Waals surface area contributed by atoms with Crippen LogP contribution in [0.1, 0.15) is 34.1 Å². The summed E-state index contributed by atoms with van der Waals surface area (Å²) < 4.78 is 4.32. The van der Waals surface area contributed by atoms with Crippen LogP contribution in [-0.4, -0.2) is 42.1 Å². The van der Waals surface area contributed by atoms with Gasteiger partial charge in [-0.2, -0.15) is 11.8 Å². The summed E-state index contributed by atoms with van der Waals surface area (Å²) in [4.78, 5) is 23.7. The number of thioether (sulfide) groups is 1. The summed E-state index contributed by atoms with van der Waals surface area (Å²) in [7, 11) is 1.31. The summed E-state index contributed by atoms with van der Waals surface area (Å²) in [6, 6.07) is -1.32. The summed E-state index contributed by atoms with van der Waals surface area (Å²) in [5, 5.41) is 2.69. The van der Waals surface area contributed by atoms with E-state index in [1.54, 1.807) is 0 Å². The molecule has 2 atom stereocenters. The van der Waals surface area contributed by atoms with Gasteiger partial charge in [0.15, 0.2) is 0 Å². The van der Waals surface area contributed by atoms with Crippen molar-refractivity contribution >= 4 is 23.6 Å². The molecule has 0 rings (SSSR count). The van der Waals surface area contributed by atoms with Crippen LogP contribution in [-0.2, 0) is 14.3 Å². The lowest BCUT2D eigenvalue weighted by molar-refractivity contribution is -0.145. The first kappa shape index (κ1) is 18.2. The van der Waals surface area contributed by atoms with Gasteiger partial charge in [0.05, 0.1) is 13.2 Å². The summed E-state index contributed by atoms with van der Waals surface area (Å²) >= 11 is 1.52. The maximum Gasteiger partial charge on any atom is 0.328 e. The summed E-state index contributed by atoms with van der Waals surface area (Å²) in [5.41, 5.74) is 5.94. The third-order valence-electron chi connectivity index (χ3n) is 3.07. The van der Waals surface area contributed by atoms with E-state index in [-0.39, 0.29) is 16.6 Å². The number of carbonyl (C=O) groups excluding carboxylic acids is 2. The molecule has 0 fully saturated rings. The number of hydrogen-bond acceptors (Lipinski definition) is 5. The Morgan fingerprint density at radius 3 is 2.26 bits per heavy atom. The molecule has 0 saturated heterocycles. The molecule has 0 unspecified atom stereocenters. The average Bonchev–Trinajstić information content (AvgIpc) is 2.35. The Labute approximate surface area is 120 Å². The Morgan fingerprint density at radius 2 is 1.89 bits per heavy atom. The molecule has 0 aromatic carbocycles. The molecular weight excluding hydrogens is 264 g/mol. The second kappa shape index (κ2) is 7.75. The Morgan fingerprint density at radius 1 is 1.37 bits per heavy atom. The molecule has 0 aromatic rings. The zero-order valence-electron chi connectivity index (χ0n) is 12.6. The summed E-state index contributed by atoms with van der Waals surface area (Å²) in [6.07, 6.45) is 2.43. The van der Waals surface area contributed by atoms with Gasteiger partial charge in [0.25, 0.3) is 0 Å². The Kier molecular flexibility index (Phi) is 7.44. The third kappa shape index (κ3) is 5.82. The topological polar surface area (TPSA) is 81.4 Å². The van der Waals surface area contributed by atoms with Gasteiger partial charge < -0.3 is 15.8 Å². The first-order valence-electron chi connectivity index (χ1n) is 6.34. The number of methoxy groups -OCH3 is 1. The van der Waals surface area contributed by atoms with E-state index < -0.39 is 18.1 Å². The minimum absolute atomic E-state index is 0.272. The molecule has 0 aliphatic carbocycles. The van der Waals surface area contributed by atoms with E-state index in [1.807, 2.05) is 34.0 Å². The molecular formula is C13H26N2O3S. The number of carbonyl (C=O) groups is 2. The maximum atomic E-state index is 12.1. The highest BCUT2D eigenvalue weighted by molar-refractivity contribution is 8.00. The SMILES string of the molecule is COC(=O)[C@H](CC(C)C)NC(=O)[C@H](N)C(C)(C)SC. The van der Waals surface area contributed by atoms with Gasteiger partial charge in [0, 0.05) is 4.75 Å². The van der Waals surface area contributed by atoms with Gasteiger partial charge >= 0.3 is 5.97 Å². The van der Waals surface area contributed by atoms with Gasteiger partial charge in [-0.1, -0.05) is 13.8 Å². The van der Waals surface area contributed by atoms with Crippen molar-refractivity contribution in [2.75, 3.05) is 13.4 Å². The van der Waals surface area contributed by atoms with Crippen molar-refractivity contribution in [2.24, 2.45) is 11.7 Å². The van der Waals surface area contributed by atoms with Crippen molar-refractivity contribution in [1.29, 1.82) is 0 Å². The van der Waals surface area contributed by atoms with Crippen molar-refractivity contribution in [2.45, 2.75) is 50.9 Å². The van der Waals surface area contributed by atoms with E-state index in [0.29, 0.717) is 6.42 Å². The first-order chi connectivity index (χ1) is 8.65. The molecule has 0 bridgehead atoms. The van der Waals surface area contributed by atoms with Crippen molar-refractivity contribution in [3.05, 3.63) is 0 Å². The zero-order chi connectivity index (χ0) is 15.2. The molecule has 3 N–H and O–H groups in total. The number of esters is 1. The maximum absolute atomic E-state index is 12.1. The second-order valence-corrected chi connectivity index (χ2v) is 6.96. The van der Waals surface area contributed by atoms with Gasteiger partial charge in [0.1, 0.15) is 6.04 Å². The predicted octanol–water partition coefficient (Wildman–Crippen LogP) is 1.16. The summed E-state index contributed by atoms with van der Waals surface area (Å²) in [5.74, 6) is -0.485. The van der Waals surface area contributed by atoms with E-state index in [4.69, 9.17) is 10.5 Å². The highest BCUT2D eigenvalue weighted by Crippen LogP contribution is 2.24. The number of ether oxygens (including phenoxy) is 1. The molecule has 0 spiro atoms. The molecule has 1 amide bonds. The Bertz CT molecular complexity index is 319. The molecule has 0 aliphatic rings. The lowest BCUT2D eigenvalue weighted by atomic mass is 10.0. The van der Waals surface area contributed by atoms with Crippen molar-refractivity contribution in [3.63, 3.8) is 0 Å². The van der Waals surface area contributed by atoms with Crippen LogP contribution < -0.4 is 11.1 Å². The molecule has 5 nitrogen and oxygen atoms in total. The van der Waals surface area contributed by atoms with Crippen LogP contribution in [0.15, 0.2) is 0 Å². The van der Waals surface area contributed by atoms with Gasteiger partial charge in [0.2, 0.25) is 5.91 Å². The first-order valence-corrected chi connectivity index (χ1v) is 7.57. The number of amides is 1. The number of nitrogens with two attached hydrogens (primary N) is 1. The molecule has 19 heavy (non-hydrogen) atoms. The van der Waals surface area contributed by atoms with Crippen molar-refractivity contribution in [3.8, 4) is 0 Å². The van der Waals surface area contributed by atoms with Gasteiger partial charge in [-0.05, 0) is 32.4 Å². The minimum Gasteiger partial charge on any atom is -0.467 e. The normalized spacial score (nSPS) is 14.9. The number of nitrogens with one attached hydrogen (secondary N) is 1. The van der Waals surface area contributed by atoms with Gasteiger partial charge in [-0.15, -0.1) is 0 Å². The molecule has 6 heteroatoms. The predicted molar refractivity (Wildman–Crippen MR) is 79.0 cm³/mol. The number of hydrogen-bond donors (Lipinski definition) is 2. The zero-order valence-corrected chi connectivity index (χ0v) is 13.5. The molecule has 0 saturated carbocycles. The van der Waals surface area contributed by atoms with Gasteiger partial charge in [-0.3, -0.25) is 4.79 Å². The largest absolute Gasteiger partial charge is 0.467 e. The number of rotatable bonds is 7. The molecule has 112 valence electrons. The van der Waals surface area contributed by atoms with Crippen LogP contribution in [0.5, 0.6) is 0 Å². The van der Waals surface area contributed by atoms with E-state index in [0.717, 1.165) is 0 Å². The fourth-order valence-electron chi connectivity index (χ4n) is 1.53. The molecule has 0 aromatic heterocycles. The second-order valence-electron chi connectivity index (χ2n) is 5.50. The van der Waals surface area contributed by atoms with Crippen LogP contribution in [0, 0.1) is 5.92 Å². The fourth-order valence-corrected chi connectivity index (χ4v) is 1.89. The van der Waals surface area contributed by atoms with Crippen LogP contribution in [0.2, 0.25) is 0 Å². The fraction of sp³-hybridized carbons (Fsp3) is 0.846. The van der Waals surface area contributed by atoms with E-state index >= 15 is 0 Å². The average molecular weight is 290 g/mol. The summed E-state index contributed by atoms with van der Waals surface area (Å²) in [6.45, 7) is 7.76. The third-order valence-corrected chi connectivity index (χ3v) is 4.37. The molecule has 0 radical (unpaired) electrons. The molecule has 0 heterocycles. The Hall–Kier alpha value is -0.750. The lowest BCUT2D eigenvalue weighted by Crippen LogP contribution is -2.55. The standard InChI is InChI=1S/C13H26N2O3S/c1-8(2)7-9(12(17)18-5)15-11(16)10(14)13(3,4)19-6/h8-10H,7,14H2,1-6H3,(H,15,16)/t9-,10-/m0/s1. The monoisotopic (exact) mass is 290 g/mol. The van der Waals surface area contributed by atoms with Crippen LogP contribution in [0.3, 0.4) is 0 Å². The molecule has 0 aliphatic heterocycles. The van der Waals surface area contributed by atoms with Gasteiger partial charge in [-0.25, -0.2) is 4.79 Å². The quantitative estimate of drug-likeness (QED) is 0.688. The Balaban J connectivity index is 4.76. The smallest absolute Gasteiger partial charge is 0.328 e. The van der Waals surface area contributed by atoms with Crippen molar-refractivity contribution < 1.29 is 14.3 Å². The van der Waals surface area contributed by atoms with Crippen LogP contribution in [0.4, 0.5) is 0 Å². The van der Waals surface area contributed by atoms with Crippen LogP contribution in [0.25, 0.3) is 0 Å². The highest BCUT2D eigenvalue weighted by Gasteiger charge is 2.33. The van der Waals surface area contributed by atoms with E-state index in [9.17, 15) is 9.59 Å². The van der Waals surface area contributed by atoms with E-state index in [1.165, 1.54) is 18.9 Å². The van der Waals surface area contributed by atoms with Crippen molar-refractivity contribution in [1.82, 2.24) is 5.32 Å². The van der Waals surface area contributed by atoms with E-state index in [2.05, 4.69) is 5.32 Å². The lowest BCUT2D eigenvalue weighted by Gasteiger charge is -2.30. The minimum atomic E-state index is -0.679.